The van der Waals surface area contributed by atoms with E-state index in [1.807, 2.05) is 133 Å². The SMILES string of the molecule is CN(/C(N)=C(/C=C1\Cc2ncccc2N1C/N=C(\N=C(N)c1ccccc1)c1ccccc1)c1ccccc1)c1ccccc1. The van der Waals surface area contributed by atoms with Crippen LogP contribution in [0.25, 0.3) is 5.57 Å². The molecule has 1 aromatic heterocycles. The Morgan fingerprint density at radius 2 is 1.33 bits per heavy atom. The van der Waals surface area contributed by atoms with Crippen LogP contribution in [0.2, 0.25) is 0 Å². The lowest BCUT2D eigenvalue weighted by Gasteiger charge is -2.24. The zero-order valence-corrected chi connectivity index (χ0v) is 25.2. The third-order valence-electron chi connectivity index (χ3n) is 7.72. The maximum absolute atomic E-state index is 6.93. The van der Waals surface area contributed by atoms with Crippen molar-refractivity contribution in [3.63, 3.8) is 0 Å². The van der Waals surface area contributed by atoms with Gasteiger partial charge in [0.25, 0.3) is 0 Å². The molecule has 0 unspecified atom stereocenters. The number of benzene rings is 4. The number of aromatic nitrogens is 1. The molecular formula is C38H35N7. The summed E-state index contributed by atoms with van der Waals surface area (Å²) in [5, 5.41) is 0. The van der Waals surface area contributed by atoms with E-state index in [9.17, 15) is 0 Å². The fourth-order valence-corrected chi connectivity index (χ4v) is 5.29. The zero-order chi connectivity index (χ0) is 31.0. The number of hydrogen-bond donors (Lipinski definition) is 2. The van der Waals surface area contributed by atoms with Gasteiger partial charge in [-0.15, -0.1) is 0 Å². The molecule has 1 aliphatic rings. The van der Waals surface area contributed by atoms with Crippen molar-refractivity contribution < 1.29 is 0 Å². The number of allylic oxidation sites excluding steroid dienone is 3. The third kappa shape index (κ3) is 6.68. The highest BCUT2D eigenvalue weighted by Crippen LogP contribution is 2.35. The van der Waals surface area contributed by atoms with Crippen molar-refractivity contribution >= 4 is 28.6 Å². The molecule has 0 saturated carbocycles. The number of para-hydroxylation sites is 1. The van der Waals surface area contributed by atoms with Crippen molar-refractivity contribution in [3.8, 4) is 0 Å². The number of rotatable bonds is 8. The highest BCUT2D eigenvalue weighted by Gasteiger charge is 2.26. The van der Waals surface area contributed by atoms with Crippen molar-refractivity contribution in [2.24, 2.45) is 21.5 Å². The van der Waals surface area contributed by atoms with Crippen molar-refractivity contribution in [3.05, 3.63) is 180 Å². The molecule has 2 heterocycles. The molecule has 0 fully saturated rings. The second kappa shape index (κ2) is 13.6. The molecule has 0 amide bonds. The summed E-state index contributed by atoms with van der Waals surface area (Å²) in [6.07, 6.45) is 4.63. The molecule has 0 saturated heterocycles. The molecule has 7 nitrogen and oxygen atoms in total. The first-order valence-corrected chi connectivity index (χ1v) is 14.8. The summed E-state index contributed by atoms with van der Waals surface area (Å²) >= 11 is 0. The number of aliphatic imine (C=N–C) groups is 2. The fourth-order valence-electron chi connectivity index (χ4n) is 5.29. The molecule has 4 N–H and O–H groups in total. The predicted octanol–water partition coefficient (Wildman–Crippen LogP) is 6.60. The number of nitrogens with zero attached hydrogens (tertiary/aromatic N) is 5. The smallest absolute Gasteiger partial charge is 0.158 e. The Morgan fingerprint density at radius 3 is 1.98 bits per heavy atom. The van der Waals surface area contributed by atoms with Crippen LogP contribution in [0.3, 0.4) is 0 Å². The van der Waals surface area contributed by atoms with Gasteiger partial charge < -0.3 is 21.3 Å². The monoisotopic (exact) mass is 589 g/mol. The van der Waals surface area contributed by atoms with Gasteiger partial charge in [0.1, 0.15) is 18.3 Å². The molecule has 0 bridgehead atoms. The lowest BCUT2D eigenvalue weighted by Crippen LogP contribution is -2.25. The highest BCUT2D eigenvalue weighted by molar-refractivity contribution is 6.11. The largest absolute Gasteiger partial charge is 0.385 e. The first-order chi connectivity index (χ1) is 22.1. The van der Waals surface area contributed by atoms with E-state index in [1.165, 1.54) is 0 Å². The molecule has 0 spiro atoms. The predicted molar refractivity (Wildman–Crippen MR) is 186 cm³/mol. The number of nitrogens with two attached hydrogens (primary N) is 2. The second-order valence-corrected chi connectivity index (χ2v) is 10.6. The normalized spacial score (nSPS) is 14.7. The molecule has 1 aliphatic heterocycles. The number of pyridine rings is 1. The maximum Gasteiger partial charge on any atom is 0.158 e. The van der Waals surface area contributed by atoms with Crippen LogP contribution in [0.5, 0.6) is 0 Å². The molecule has 6 rings (SSSR count). The average molecular weight is 590 g/mol. The van der Waals surface area contributed by atoms with Crippen LogP contribution in [0, 0.1) is 0 Å². The summed E-state index contributed by atoms with van der Waals surface area (Å²) < 4.78 is 0. The third-order valence-corrected chi connectivity index (χ3v) is 7.72. The first kappa shape index (κ1) is 29.1. The van der Waals surface area contributed by atoms with Gasteiger partial charge in [-0.3, -0.25) is 4.98 Å². The summed E-state index contributed by atoms with van der Waals surface area (Å²) in [6.45, 7) is 0.316. The van der Waals surface area contributed by atoms with Gasteiger partial charge in [0.05, 0.1) is 11.4 Å². The van der Waals surface area contributed by atoms with E-state index >= 15 is 0 Å². The van der Waals surface area contributed by atoms with Gasteiger partial charge in [0.15, 0.2) is 5.84 Å². The van der Waals surface area contributed by atoms with Crippen LogP contribution in [0.15, 0.2) is 167 Å². The Morgan fingerprint density at radius 1 is 0.756 bits per heavy atom. The number of anilines is 2. The van der Waals surface area contributed by atoms with Crippen molar-refractivity contribution in [1.29, 1.82) is 0 Å². The van der Waals surface area contributed by atoms with E-state index in [0.29, 0.717) is 30.6 Å². The van der Waals surface area contributed by atoms with Crippen LogP contribution in [-0.2, 0) is 6.42 Å². The van der Waals surface area contributed by atoms with Gasteiger partial charge in [-0.05, 0) is 35.9 Å². The number of hydrogen-bond acceptors (Lipinski definition) is 5. The van der Waals surface area contributed by atoms with Crippen LogP contribution < -0.4 is 21.3 Å². The van der Waals surface area contributed by atoms with Gasteiger partial charge in [-0.25, -0.2) is 9.98 Å². The molecule has 7 heteroatoms. The quantitative estimate of drug-likeness (QED) is 0.157. The maximum atomic E-state index is 6.93. The standard InChI is InChI=1S/C38H35N7/c1-44(31-21-12-5-13-22-31)37(40)33(28-15-6-2-7-16-28)25-32-26-34-35(23-14-24-41-34)45(32)27-42-38(30-19-10-4-11-20-30)43-36(39)29-17-8-3-9-18-29/h2-25H,26-27,40H2,1H3,(H2,39,42,43)/b32-25+,37-33-. The molecule has 4 aromatic carbocycles. The zero-order valence-electron chi connectivity index (χ0n) is 25.2. The molecule has 45 heavy (non-hydrogen) atoms. The van der Waals surface area contributed by atoms with Gasteiger partial charge >= 0.3 is 0 Å². The fraction of sp³-hybridized carbons (Fsp3) is 0.0789. The summed E-state index contributed by atoms with van der Waals surface area (Å²) in [6, 6.07) is 44.0. The second-order valence-electron chi connectivity index (χ2n) is 10.6. The van der Waals surface area contributed by atoms with Crippen LogP contribution in [0.4, 0.5) is 11.4 Å². The molecule has 0 aliphatic carbocycles. The minimum Gasteiger partial charge on any atom is -0.385 e. The lowest BCUT2D eigenvalue weighted by molar-refractivity contribution is 0.932. The molecule has 5 aromatic rings. The topological polar surface area (TPSA) is 96.1 Å². The highest BCUT2D eigenvalue weighted by atomic mass is 15.2. The summed E-state index contributed by atoms with van der Waals surface area (Å²) in [4.78, 5) is 18.7. The van der Waals surface area contributed by atoms with E-state index < -0.39 is 0 Å². The molecular weight excluding hydrogens is 554 g/mol. The van der Waals surface area contributed by atoms with Gasteiger partial charge in [-0.1, -0.05) is 109 Å². The molecule has 0 atom stereocenters. The van der Waals surface area contributed by atoms with Gasteiger partial charge in [0.2, 0.25) is 0 Å². The van der Waals surface area contributed by atoms with Gasteiger partial charge in [0, 0.05) is 47.7 Å². The van der Waals surface area contributed by atoms with E-state index in [4.69, 9.17) is 26.4 Å². The van der Waals surface area contributed by atoms with E-state index in [2.05, 4.69) is 29.2 Å². The summed E-state index contributed by atoms with van der Waals surface area (Å²) in [5.74, 6) is 1.59. The average Bonchev–Trinajstić information content (AvgIpc) is 3.46. The Kier molecular flexibility index (Phi) is 8.78. The Balaban J connectivity index is 1.44. The van der Waals surface area contributed by atoms with E-state index in [1.54, 1.807) is 0 Å². The summed E-state index contributed by atoms with van der Waals surface area (Å²) in [5.41, 5.74) is 21.1. The van der Waals surface area contributed by atoms with Gasteiger partial charge in [-0.2, -0.15) is 0 Å². The van der Waals surface area contributed by atoms with E-state index in [-0.39, 0.29) is 0 Å². The Hall–Kier alpha value is -5.95. The van der Waals surface area contributed by atoms with Crippen LogP contribution in [0.1, 0.15) is 22.4 Å². The number of amidine groups is 2. The minimum atomic E-state index is 0.316. The van der Waals surface area contributed by atoms with E-state index in [0.717, 1.165) is 45.0 Å². The van der Waals surface area contributed by atoms with Crippen molar-refractivity contribution in [2.45, 2.75) is 6.42 Å². The van der Waals surface area contributed by atoms with Crippen LogP contribution in [-0.4, -0.2) is 30.4 Å². The Bertz CT molecular complexity index is 1860. The molecule has 222 valence electrons. The summed E-state index contributed by atoms with van der Waals surface area (Å²) in [7, 11) is 1.99. The van der Waals surface area contributed by atoms with Crippen LogP contribution >= 0.6 is 0 Å². The van der Waals surface area contributed by atoms with Crippen molar-refractivity contribution in [1.82, 2.24) is 4.98 Å². The molecule has 0 radical (unpaired) electrons. The lowest BCUT2D eigenvalue weighted by atomic mass is 10.0. The minimum absolute atomic E-state index is 0.316. The first-order valence-electron chi connectivity index (χ1n) is 14.8. The number of fused-ring (bicyclic) bond motifs is 1. The Labute approximate surface area is 264 Å². The van der Waals surface area contributed by atoms with Crippen molar-refractivity contribution in [2.75, 3.05) is 23.5 Å².